The molecule has 1 aromatic carbocycles. The Kier molecular flexibility index (Phi) is 5.38. The molecule has 0 aliphatic heterocycles. The summed E-state index contributed by atoms with van der Waals surface area (Å²) in [6, 6.07) is 4.88. The van der Waals surface area contributed by atoms with Crippen LogP contribution < -0.4 is 5.32 Å². The van der Waals surface area contributed by atoms with Crippen LogP contribution in [0.15, 0.2) is 22.7 Å². The molecule has 0 bridgehead atoms. The van der Waals surface area contributed by atoms with E-state index in [0.717, 1.165) is 10.0 Å². The molecule has 1 aromatic rings. The highest BCUT2D eigenvalue weighted by molar-refractivity contribution is 9.10. The minimum Gasteiger partial charge on any atom is -0.396 e. The quantitative estimate of drug-likeness (QED) is 0.874. The van der Waals surface area contributed by atoms with Gasteiger partial charge in [0.1, 0.15) is 5.82 Å². The van der Waals surface area contributed by atoms with Gasteiger partial charge in [0, 0.05) is 23.7 Å². The molecule has 0 radical (unpaired) electrons. The average Bonchev–Trinajstić information content (AvgIpc) is 2.26. The van der Waals surface area contributed by atoms with Crippen LogP contribution in [0.1, 0.15) is 19.4 Å². The van der Waals surface area contributed by atoms with Gasteiger partial charge in [-0.25, -0.2) is 4.39 Å². The largest absolute Gasteiger partial charge is 0.396 e. The highest BCUT2D eigenvalue weighted by Crippen LogP contribution is 2.18. The second-order valence-electron chi connectivity index (χ2n) is 4.07. The van der Waals surface area contributed by atoms with Crippen LogP contribution in [0.25, 0.3) is 0 Å². The number of aliphatic hydroxyl groups is 1. The van der Waals surface area contributed by atoms with E-state index < -0.39 is 0 Å². The van der Waals surface area contributed by atoms with Gasteiger partial charge in [0.25, 0.3) is 0 Å². The minimum atomic E-state index is -0.243. The molecule has 0 amide bonds. The van der Waals surface area contributed by atoms with E-state index >= 15 is 0 Å². The van der Waals surface area contributed by atoms with Crippen LogP contribution in [-0.4, -0.2) is 17.8 Å². The van der Waals surface area contributed by atoms with E-state index in [4.69, 9.17) is 5.11 Å². The Morgan fingerprint density at radius 1 is 1.44 bits per heavy atom. The third-order valence-electron chi connectivity index (χ3n) is 2.77. The first kappa shape index (κ1) is 13.6. The summed E-state index contributed by atoms with van der Waals surface area (Å²) >= 11 is 3.32. The summed E-state index contributed by atoms with van der Waals surface area (Å²) in [5.41, 5.74) is 1.01. The first-order valence-electron chi connectivity index (χ1n) is 5.32. The molecule has 0 aliphatic rings. The Hall–Kier alpha value is -0.450. The van der Waals surface area contributed by atoms with Crippen LogP contribution in [0.5, 0.6) is 0 Å². The standard InChI is InChI=1S/C12H17BrFNO/c1-8(7-16)9(2)15-6-10-3-4-11(14)5-12(10)13/h3-5,8-9,15-16H,6-7H2,1-2H3. The SMILES string of the molecule is CC(CO)C(C)NCc1ccc(F)cc1Br. The summed E-state index contributed by atoms with van der Waals surface area (Å²) in [5.74, 6) is -0.0355. The molecule has 2 N–H and O–H groups in total. The van der Waals surface area contributed by atoms with Crippen LogP contribution in [0, 0.1) is 11.7 Å². The predicted octanol–water partition coefficient (Wildman–Crippen LogP) is 2.69. The van der Waals surface area contributed by atoms with Crippen molar-refractivity contribution in [1.29, 1.82) is 0 Å². The Bertz CT molecular complexity index is 346. The summed E-state index contributed by atoms with van der Waals surface area (Å²) in [5, 5.41) is 12.3. The molecular formula is C12H17BrFNO. The van der Waals surface area contributed by atoms with Gasteiger partial charge in [-0.05, 0) is 30.5 Å². The van der Waals surface area contributed by atoms with Crippen molar-refractivity contribution in [3.63, 3.8) is 0 Å². The van der Waals surface area contributed by atoms with Crippen molar-refractivity contribution in [2.45, 2.75) is 26.4 Å². The molecule has 0 saturated heterocycles. The lowest BCUT2D eigenvalue weighted by atomic mass is 10.0. The summed E-state index contributed by atoms with van der Waals surface area (Å²) in [7, 11) is 0. The van der Waals surface area contributed by atoms with E-state index in [9.17, 15) is 4.39 Å². The molecular weight excluding hydrogens is 273 g/mol. The Morgan fingerprint density at radius 2 is 2.12 bits per heavy atom. The van der Waals surface area contributed by atoms with Crippen LogP contribution in [-0.2, 0) is 6.54 Å². The zero-order chi connectivity index (χ0) is 12.1. The molecule has 90 valence electrons. The molecule has 4 heteroatoms. The number of aliphatic hydroxyl groups excluding tert-OH is 1. The molecule has 0 saturated carbocycles. The zero-order valence-electron chi connectivity index (χ0n) is 9.50. The smallest absolute Gasteiger partial charge is 0.124 e. The monoisotopic (exact) mass is 289 g/mol. The second-order valence-corrected chi connectivity index (χ2v) is 4.92. The molecule has 0 aliphatic carbocycles. The number of benzene rings is 1. The van der Waals surface area contributed by atoms with Gasteiger partial charge in [-0.3, -0.25) is 0 Å². The second kappa shape index (κ2) is 6.33. The van der Waals surface area contributed by atoms with Crippen molar-refractivity contribution in [2.75, 3.05) is 6.61 Å². The van der Waals surface area contributed by atoms with Gasteiger partial charge < -0.3 is 10.4 Å². The fraction of sp³-hybridized carbons (Fsp3) is 0.500. The zero-order valence-corrected chi connectivity index (χ0v) is 11.1. The molecule has 2 unspecified atom stereocenters. The van der Waals surface area contributed by atoms with Crippen molar-refractivity contribution >= 4 is 15.9 Å². The first-order chi connectivity index (χ1) is 7.54. The van der Waals surface area contributed by atoms with E-state index in [1.807, 2.05) is 13.8 Å². The average molecular weight is 290 g/mol. The van der Waals surface area contributed by atoms with Crippen LogP contribution >= 0.6 is 15.9 Å². The molecule has 0 aromatic heterocycles. The van der Waals surface area contributed by atoms with Gasteiger partial charge in [-0.1, -0.05) is 28.9 Å². The number of rotatable bonds is 5. The lowest BCUT2D eigenvalue weighted by Gasteiger charge is -2.19. The van der Waals surface area contributed by atoms with Crippen molar-refractivity contribution in [1.82, 2.24) is 5.32 Å². The van der Waals surface area contributed by atoms with Gasteiger partial charge in [-0.15, -0.1) is 0 Å². The van der Waals surface area contributed by atoms with Crippen molar-refractivity contribution in [3.05, 3.63) is 34.1 Å². The van der Waals surface area contributed by atoms with Gasteiger partial charge in [0.05, 0.1) is 0 Å². The maximum absolute atomic E-state index is 12.8. The highest BCUT2D eigenvalue weighted by Gasteiger charge is 2.10. The van der Waals surface area contributed by atoms with Crippen molar-refractivity contribution in [3.8, 4) is 0 Å². The lowest BCUT2D eigenvalue weighted by molar-refractivity contribution is 0.207. The van der Waals surface area contributed by atoms with Gasteiger partial charge >= 0.3 is 0 Å². The molecule has 2 atom stereocenters. The minimum absolute atomic E-state index is 0.165. The van der Waals surface area contributed by atoms with Crippen LogP contribution in [0.2, 0.25) is 0 Å². The van der Waals surface area contributed by atoms with Gasteiger partial charge in [0.2, 0.25) is 0 Å². The number of halogens is 2. The molecule has 1 rings (SSSR count). The third-order valence-corrected chi connectivity index (χ3v) is 3.51. The molecule has 0 heterocycles. The predicted molar refractivity (Wildman–Crippen MR) is 66.7 cm³/mol. The summed E-state index contributed by atoms with van der Waals surface area (Å²) in [6.07, 6.45) is 0. The Labute approximate surface area is 104 Å². The van der Waals surface area contributed by atoms with Crippen LogP contribution in [0.4, 0.5) is 4.39 Å². The molecule has 16 heavy (non-hydrogen) atoms. The Balaban J connectivity index is 2.54. The van der Waals surface area contributed by atoms with E-state index in [0.29, 0.717) is 6.54 Å². The van der Waals surface area contributed by atoms with Crippen molar-refractivity contribution in [2.24, 2.45) is 5.92 Å². The molecule has 2 nitrogen and oxygen atoms in total. The maximum Gasteiger partial charge on any atom is 0.124 e. The number of hydrogen-bond acceptors (Lipinski definition) is 2. The number of nitrogens with one attached hydrogen (secondary N) is 1. The van der Waals surface area contributed by atoms with E-state index in [-0.39, 0.29) is 24.4 Å². The van der Waals surface area contributed by atoms with Crippen molar-refractivity contribution < 1.29 is 9.50 Å². The Morgan fingerprint density at radius 3 is 2.69 bits per heavy atom. The van der Waals surface area contributed by atoms with E-state index in [1.165, 1.54) is 12.1 Å². The summed E-state index contributed by atoms with van der Waals surface area (Å²) < 4.78 is 13.6. The fourth-order valence-corrected chi connectivity index (χ4v) is 1.79. The molecule has 0 spiro atoms. The number of hydrogen-bond donors (Lipinski definition) is 2. The highest BCUT2D eigenvalue weighted by atomic mass is 79.9. The lowest BCUT2D eigenvalue weighted by Crippen LogP contribution is -2.33. The fourth-order valence-electron chi connectivity index (χ4n) is 1.30. The first-order valence-corrected chi connectivity index (χ1v) is 6.12. The van der Waals surface area contributed by atoms with E-state index in [2.05, 4.69) is 21.2 Å². The normalized spacial score (nSPS) is 14.8. The topological polar surface area (TPSA) is 32.3 Å². The maximum atomic E-state index is 12.8. The summed E-state index contributed by atoms with van der Waals surface area (Å²) in [4.78, 5) is 0. The van der Waals surface area contributed by atoms with Crippen LogP contribution in [0.3, 0.4) is 0 Å². The van der Waals surface area contributed by atoms with E-state index in [1.54, 1.807) is 6.07 Å². The third kappa shape index (κ3) is 3.85. The molecule has 0 fully saturated rings. The summed E-state index contributed by atoms with van der Waals surface area (Å²) in [6.45, 7) is 4.83. The van der Waals surface area contributed by atoms with Gasteiger partial charge in [0.15, 0.2) is 0 Å². The van der Waals surface area contributed by atoms with Gasteiger partial charge in [-0.2, -0.15) is 0 Å².